The van der Waals surface area contributed by atoms with Crippen molar-refractivity contribution in [3.05, 3.63) is 48.3 Å². The van der Waals surface area contributed by atoms with Gasteiger partial charge in [0.05, 0.1) is 11.9 Å². The number of hydrogen-bond donors (Lipinski definition) is 2. The third-order valence-corrected chi connectivity index (χ3v) is 2.84. The molecule has 0 spiro atoms. The molecule has 0 saturated carbocycles. The largest absolute Gasteiger partial charge is 0.313 e. The Morgan fingerprint density at radius 1 is 1.16 bits per heavy atom. The molecule has 0 fully saturated rings. The molecule has 0 amide bonds. The first kappa shape index (κ1) is 13.8. The smallest absolute Gasteiger partial charge is 0.0645 e. The molecular formula is C15H22N4. The summed E-state index contributed by atoms with van der Waals surface area (Å²) >= 11 is 0. The Balaban J connectivity index is 1.78. The molecule has 2 N–H and O–H groups in total. The van der Waals surface area contributed by atoms with Crippen molar-refractivity contribution in [1.29, 1.82) is 0 Å². The Kier molecular flexibility index (Phi) is 5.12. The SMILES string of the molecule is CC(C)NCCNCc1cnn(-c2ccccc2)c1. The molecular weight excluding hydrogens is 236 g/mol. The van der Waals surface area contributed by atoms with Gasteiger partial charge in [0.2, 0.25) is 0 Å². The number of aromatic nitrogens is 2. The fourth-order valence-corrected chi connectivity index (χ4v) is 1.86. The summed E-state index contributed by atoms with van der Waals surface area (Å²) < 4.78 is 1.91. The van der Waals surface area contributed by atoms with Crippen LogP contribution in [0.2, 0.25) is 0 Å². The zero-order chi connectivity index (χ0) is 13.5. The van der Waals surface area contributed by atoms with E-state index in [1.807, 2.05) is 29.1 Å². The molecule has 0 aliphatic heterocycles. The van der Waals surface area contributed by atoms with Crippen LogP contribution in [0.15, 0.2) is 42.7 Å². The molecule has 0 atom stereocenters. The molecule has 0 radical (unpaired) electrons. The van der Waals surface area contributed by atoms with E-state index in [2.05, 4.69) is 47.9 Å². The highest BCUT2D eigenvalue weighted by Crippen LogP contribution is 2.07. The lowest BCUT2D eigenvalue weighted by Gasteiger charge is -2.08. The molecule has 2 rings (SSSR count). The van der Waals surface area contributed by atoms with E-state index >= 15 is 0 Å². The Labute approximate surface area is 114 Å². The summed E-state index contributed by atoms with van der Waals surface area (Å²) in [6, 6.07) is 10.7. The van der Waals surface area contributed by atoms with Crippen LogP contribution in [-0.4, -0.2) is 28.9 Å². The maximum absolute atomic E-state index is 4.37. The first-order chi connectivity index (χ1) is 9.25. The quantitative estimate of drug-likeness (QED) is 0.746. The minimum atomic E-state index is 0.544. The van der Waals surface area contributed by atoms with E-state index in [9.17, 15) is 0 Å². The maximum atomic E-state index is 4.37. The number of para-hydroxylation sites is 1. The zero-order valence-corrected chi connectivity index (χ0v) is 11.6. The number of benzene rings is 1. The normalized spacial score (nSPS) is 11.1. The molecule has 0 bridgehead atoms. The minimum absolute atomic E-state index is 0.544. The van der Waals surface area contributed by atoms with Gasteiger partial charge in [-0.3, -0.25) is 0 Å². The van der Waals surface area contributed by atoms with E-state index in [1.54, 1.807) is 0 Å². The monoisotopic (exact) mass is 258 g/mol. The first-order valence-electron chi connectivity index (χ1n) is 6.79. The van der Waals surface area contributed by atoms with Crippen LogP contribution in [0.5, 0.6) is 0 Å². The van der Waals surface area contributed by atoms with Crippen molar-refractivity contribution in [1.82, 2.24) is 20.4 Å². The Bertz CT molecular complexity index is 476. The number of rotatable bonds is 7. The molecule has 2 aromatic rings. The van der Waals surface area contributed by atoms with Gasteiger partial charge in [-0.1, -0.05) is 32.0 Å². The fourth-order valence-electron chi connectivity index (χ4n) is 1.86. The molecule has 1 aromatic carbocycles. The van der Waals surface area contributed by atoms with Crippen molar-refractivity contribution < 1.29 is 0 Å². The first-order valence-corrected chi connectivity index (χ1v) is 6.79. The average molecular weight is 258 g/mol. The number of hydrogen-bond acceptors (Lipinski definition) is 3. The second-order valence-electron chi connectivity index (χ2n) is 4.91. The van der Waals surface area contributed by atoms with Crippen molar-refractivity contribution in [2.24, 2.45) is 0 Å². The van der Waals surface area contributed by atoms with Gasteiger partial charge < -0.3 is 10.6 Å². The van der Waals surface area contributed by atoms with Gasteiger partial charge in [0, 0.05) is 37.4 Å². The van der Waals surface area contributed by atoms with Crippen LogP contribution in [0.4, 0.5) is 0 Å². The molecule has 102 valence electrons. The van der Waals surface area contributed by atoms with Crippen molar-refractivity contribution >= 4 is 0 Å². The zero-order valence-electron chi connectivity index (χ0n) is 11.6. The third-order valence-electron chi connectivity index (χ3n) is 2.84. The summed E-state index contributed by atoms with van der Waals surface area (Å²) in [6.07, 6.45) is 3.98. The van der Waals surface area contributed by atoms with Crippen LogP contribution in [0.3, 0.4) is 0 Å². The summed E-state index contributed by atoms with van der Waals surface area (Å²) in [5.41, 5.74) is 2.30. The maximum Gasteiger partial charge on any atom is 0.0645 e. The van der Waals surface area contributed by atoms with Crippen molar-refractivity contribution in [3.63, 3.8) is 0 Å². The second-order valence-corrected chi connectivity index (χ2v) is 4.91. The third kappa shape index (κ3) is 4.50. The Morgan fingerprint density at radius 3 is 2.68 bits per heavy atom. The highest BCUT2D eigenvalue weighted by Gasteiger charge is 2.00. The Hall–Kier alpha value is -1.65. The summed E-state index contributed by atoms with van der Waals surface area (Å²) in [5, 5.41) is 11.2. The molecule has 0 aliphatic rings. The van der Waals surface area contributed by atoms with Gasteiger partial charge >= 0.3 is 0 Å². The predicted molar refractivity (Wildman–Crippen MR) is 78.4 cm³/mol. The van der Waals surface area contributed by atoms with Gasteiger partial charge in [-0.15, -0.1) is 0 Å². The van der Waals surface area contributed by atoms with Gasteiger partial charge in [0.15, 0.2) is 0 Å². The second kappa shape index (κ2) is 7.07. The summed E-state index contributed by atoms with van der Waals surface area (Å²) in [6.45, 7) is 7.12. The van der Waals surface area contributed by atoms with Gasteiger partial charge in [0.1, 0.15) is 0 Å². The van der Waals surface area contributed by atoms with Gasteiger partial charge in [0.25, 0.3) is 0 Å². The van der Waals surface area contributed by atoms with E-state index in [0.29, 0.717) is 6.04 Å². The summed E-state index contributed by atoms with van der Waals surface area (Å²) in [7, 11) is 0. The predicted octanol–water partition coefficient (Wildman–Crippen LogP) is 1.96. The van der Waals surface area contributed by atoms with E-state index in [-0.39, 0.29) is 0 Å². The van der Waals surface area contributed by atoms with Crippen LogP contribution in [0, 0.1) is 0 Å². The standard InChI is InChI=1S/C15H22N4/c1-13(2)17-9-8-16-10-14-11-18-19(12-14)15-6-4-3-5-7-15/h3-7,11-13,16-17H,8-10H2,1-2H3. The lowest BCUT2D eigenvalue weighted by atomic mass is 10.3. The lowest BCUT2D eigenvalue weighted by molar-refractivity contribution is 0.555. The van der Waals surface area contributed by atoms with E-state index in [4.69, 9.17) is 0 Å². The molecule has 1 heterocycles. The van der Waals surface area contributed by atoms with E-state index < -0.39 is 0 Å². The van der Waals surface area contributed by atoms with Crippen LogP contribution >= 0.6 is 0 Å². The molecule has 4 nitrogen and oxygen atoms in total. The fraction of sp³-hybridized carbons (Fsp3) is 0.400. The lowest BCUT2D eigenvalue weighted by Crippen LogP contribution is -2.31. The topological polar surface area (TPSA) is 41.9 Å². The number of nitrogens with zero attached hydrogens (tertiary/aromatic N) is 2. The van der Waals surface area contributed by atoms with Crippen LogP contribution in [-0.2, 0) is 6.54 Å². The molecule has 4 heteroatoms. The van der Waals surface area contributed by atoms with Crippen molar-refractivity contribution in [2.45, 2.75) is 26.4 Å². The van der Waals surface area contributed by atoms with Crippen LogP contribution in [0.25, 0.3) is 5.69 Å². The highest BCUT2D eigenvalue weighted by atomic mass is 15.3. The summed E-state index contributed by atoms with van der Waals surface area (Å²) in [5.74, 6) is 0. The van der Waals surface area contributed by atoms with Crippen molar-refractivity contribution in [2.75, 3.05) is 13.1 Å². The van der Waals surface area contributed by atoms with Crippen LogP contribution < -0.4 is 10.6 Å². The Morgan fingerprint density at radius 2 is 1.95 bits per heavy atom. The van der Waals surface area contributed by atoms with Gasteiger partial charge in [-0.05, 0) is 12.1 Å². The highest BCUT2D eigenvalue weighted by molar-refractivity contribution is 5.30. The molecule has 0 saturated heterocycles. The van der Waals surface area contributed by atoms with E-state index in [0.717, 1.165) is 25.3 Å². The molecule has 19 heavy (non-hydrogen) atoms. The molecule has 0 unspecified atom stereocenters. The minimum Gasteiger partial charge on any atom is -0.313 e. The van der Waals surface area contributed by atoms with Gasteiger partial charge in [-0.2, -0.15) is 5.10 Å². The molecule has 1 aromatic heterocycles. The number of nitrogens with one attached hydrogen (secondary N) is 2. The summed E-state index contributed by atoms with van der Waals surface area (Å²) in [4.78, 5) is 0. The average Bonchev–Trinajstić information content (AvgIpc) is 2.88. The van der Waals surface area contributed by atoms with Crippen molar-refractivity contribution in [3.8, 4) is 5.69 Å². The van der Waals surface area contributed by atoms with Gasteiger partial charge in [-0.25, -0.2) is 4.68 Å². The molecule has 0 aliphatic carbocycles. The van der Waals surface area contributed by atoms with E-state index in [1.165, 1.54) is 5.56 Å². The van der Waals surface area contributed by atoms with Crippen LogP contribution in [0.1, 0.15) is 19.4 Å².